The summed E-state index contributed by atoms with van der Waals surface area (Å²) in [5.74, 6) is 0.0301. The van der Waals surface area contributed by atoms with Crippen LogP contribution in [0.5, 0.6) is 11.6 Å². The van der Waals surface area contributed by atoms with E-state index in [-0.39, 0.29) is 23.2 Å². The molecule has 0 aliphatic carbocycles. The summed E-state index contributed by atoms with van der Waals surface area (Å²) in [6, 6.07) is 4.52. The van der Waals surface area contributed by atoms with Crippen LogP contribution < -0.4 is 10.5 Å². The van der Waals surface area contributed by atoms with Gasteiger partial charge in [0, 0.05) is 6.07 Å². The third kappa shape index (κ3) is 2.60. The van der Waals surface area contributed by atoms with Crippen molar-refractivity contribution in [2.24, 2.45) is 5.73 Å². The van der Waals surface area contributed by atoms with Crippen LogP contribution in [0.3, 0.4) is 0 Å². The third-order valence-electron chi connectivity index (χ3n) is 2.27. The highest BCUT2D eigenvalue weighted by molar-refractivity contribution is 5.92. The summed E-state index contributed by atoms with van der Waals surface area (Å²) < 4.78 is 18.6. The Morgan fingerprint density at radius 3 is 2.67 bits per heavy atom. The quantitative estimate of drug-likeness (QED) is 0.640. The van der Waals surface area contributed by atoms with Crippen molar-refractivity contribution in [1.29, 1.82) is 5.41 Å². The number of hydrogen-bond acceptors (Lipinski definition) is 4. The zero-order valence-corrected chi connectivity index (χ0v) is 9.64. The molecule has 1 aromatic heterocycles. The Morgan fingerprint density at radius 2 is 2.11 bits per heavy atom. The first-order valence-electron chi connectivity index (χ1n) is 5.16. The van der Waals surface area contributed by atoms with Crippen molar-refractivity contribution in [3.63, 3.8) is 0 Å². The van der Waals surface area contributed by atoms with E-state index in [1.807, 2.05) is 0 Å². The summed E-state index contributed by atoms with van der Waals surface area (Å²) in [6.07, 6.45) is 2.65. The number of aryl methyl sites for hydroxylation is 1. The van der Waals surface area contributed by atoms with Crippen molar-refractivity contribution in [3.05, 3.63) is 47.7 Å². The predicted molar refractivity (Wildman–Crippen MR) is 64.3 cm³/mol. The van der Waals surface area contributed by atoms with Crippen LogP contribution in [-0.2, 0) is 0 Å². The van der Waals surface area contributed by atoms with Gasteiger partial charge < -0.3 is 10.5 Å². The number of nitrogens with one attached hydrogen (secondary N) is 1. The SMILES string of the molecule is Cc1ccc(Oc2cnc(C(=N)N)cn2)cc1F. The van der Waals surface area contributed by atoms with Crippen LogP contribution in [0, 0.1) is 18.2 Å². The number of halogens is 1. The molecule has 18 heavy (non-hydrogen) atoms. The summed E-state index contributed by atoms with van der Waals surface area (Å²) in [4.78, 5) is 7.80. The Hall–Kier alpha value is -2.50. The maximum Gasteiger partial charge on any atom is 0.237 e. The Kier molecular flexibility index (Phi) is 3.18. The van der Waals surface area contributed by atoms with Gasteiger partial charge in [0.05, 0.1) is 12.4 Å². The Morgan fingerprint density at radius 1 is 1.33 bits per heavy atom. The van der Waals surface area contributed by atoms with Gasteiger partial charge in [-0.25, -0.2) is 14.4 Å². The van der Waals surface area contributed by atoms with Gasteiger partial charge in [0.2, 0.25) is 5.88 Å². The number of amidine groups is 1. The summed E-state index contributed by atoms with van der Waals surface area (Å²) in [7, 11) is 0. The standard InChI is InChI=1S/C12H11FN4O/c1-7-2-3-8(4-9(7)13)18-11-6-16-10(5-17-11)12(14)15/h2-6H,1H3,(H3,14,15). The number of nitrogens with two attached hydrogens (primary N) is 1. The highest BCUT2D eigenvalue weighted by atomic mass is 19.1. The van der Waals surface area contributed by atoms with E-state index in [1.165, 1.54) is 18.5 Å². The minimum Gasteiger partial charge on any atom is -0.437 e. The third-order valence-corrected chi connectivity index (χ3v) is 2.27. The fourth-order valence-electron chi connectivity index (χ4n) is 1.27. The van der Waals surface area contributed by atoms with Crippen molar-refractivity contribution < 1.29 is 9.13 Å². The van der Waals surface area contributed by atoms with Crippen LogP contribution in [-0.4, -0.2) is 15.8 Å². The van der Waals surface area contributed by atoms with Crippen LogP contribution in [0.15, 0.2) is 30.6 Å². The highest BCUT2D eigenvalue weighted by Crippen LogP contribution is 2.21. The number of nitrogen functional groups attached to an aromatic ring is 1. The molecule has 0 fully saturated rings. The predicted octanol–water partition coefficient (Wildman–Crippen LogP) is 2.00. The number of rotatable bonds is 3. The fraction of sp³-hybridized carbons (Fsp3) is 0.0833. The van der Waals surface area contributed by atoms with Gasteiger partial charge in [-0.1, -0.05) is 6.07 Å². The number of ether oxygens (including phenoxy) is 1. The number of benzene rings is 1. The van der Waals surface area contributed by atoms with Gasteiger partial charge in [-0.15, -0.1) is 0 Å². The van der Waals surface area contributed by atoms with Crippen LogP contribution >= 0.6 is 0 Å². The molecule has 1 heterocycles. The lowest BCUT2D eigenvalue weighted by Gasteiger charge is -2.05. The van der Waals surface area contributed by atoms with Crippen molar-refractivity contribution in [3.8, 4) is 11.6 Å². The lowest BCUT2D eigenvalue weighted by molar-refractivity contribution is 0.455. The highest BCUT2D eigenvalue weighted by Gasteiger charge is 2.04. The van der Waals surface area contributed by atoms with E-state index in [9.17, 15) is 4.39 Å². The van der Waals surface area contributed by atoms with E-state index >= 15 is 0 Å². The largest absolute Gasteiger partial charge is 0.437 e. The average molecular weight is 246 g/mol. The van der Waals surface area contributed by atoms with Crippen LogP contribution in [0.2, 0.25) is 0 Å². The molecule has 0 radical (unpaired) electrons. The molecule has 0 aliphatic heterocycles. The van der Waals surface area contributed by atoms with E-state index in [0.717, 1.165) is 0 Å². The normalized spacial score (nSPS) is 10.1. The molecule has 92 valence electrons. The van der Waals surface area contributed by atoms with Crippen molar-refractivity contribution in [1.82, 2.24) is 9.97 Å². The lowest BCUT2D eigenvalue weighted by atomic mass is 10.2. The molecular weight excluding hydrogens is 235 g/mol. The van der Waals surface area contributed by atoms with E-state index in [0.29, 0.717) is 11.3 Å². The van der Waals surface area contributed by atoms with Gasteiger partial charge in [-0.05, 0) is 18.6 Å². The van der Waals surface area contributed by atoms with Gasteiger partial charge >= 0.3 is 0 Å². The van der Waals surface area contributed by atoms with Gasteiger partial charge in [0.15, 0.2) is 0 Å². The van der Waals surface area contributed by atoms with E-state index in [1.54, 1.807) is 19.1 Å². The van der Waals surface area contributed by atoms with E-state index in [4.69, 9.17) is 15.9 Å². The summed E-state index contributed by atoms with van der Waals surface area (Å²) in [5, 5.41) is 7.16. The molecule has 6 heteroatoms. The Balaban J connectivity index is 2.18. The first kappa shape index (κ1) is 12.0. The summed E-state index contributed by atoms with van der Waals surface area (Å²) >= 11 is 0. The van der Waals surface area contributed by atoms with Crippen molar-refractivity contribution >= 4 is 5.84 Å². The Labute approximate surface area is 103 Å². The van der Waals surface area contributed by atoms with Crippen LogP contribution in [0.1, 0.15) is 11.3 Å². The lowest BCUT2D eigenvalue weighted by Crippen LogP contribution is -2.13. The van der Waals surface area contributed by atoms with Gasteiger partial charge in [-0.2, -0.15) is 0 Å². The van der Waals surface area contributed by atoms with Crippen LogP contribution in [0.4, 0.5) is 4.39 Å². The fourth-order valence-corrected chi connectivity index (χ4v) is 1.27. The first-order chi connectivity index (χ1) is 8.56. The topological polar surface area (TPSA) is 84.9 Å². The molecule has 0 amide bonds. The van der Waals surface area contributed by atoms with Gasteiger partial charge in [-0.3, -0.25) is 5.41 Å². The smallest absolute Gasteiger partial charge is 0.237 e. The second kappa shape index (κ2) is 4.79. The number of nitrogens with zero attached hydrogens (tertiary/aromatic N) is 2. The molecule has 2 rings (SSSR count). The van der Waals surface area contributed by atoms with Crippen molar-refractivity contribution in [2.45, 2.75) is 6.92 Å². The second-order valence-corrected chi connectivity index (χ2v) is 3.67. The molecule has 3 N–H and O–H groups in total. The molecule has 0 aliphatic rings. The molecule has 0 atom stereocenters. The van der Waals surface area contributed by atoms with Crippen LogP contribution in [0.25, 0.3) is 0 Å². The molecule has 0 saturated carbocycles. The second-order valence-electron chi connectivity index (χ2n) is 3.67. The number of aromatic nitrogens is 2. The van der Waals surface area contributed by atoms with Crippen molar-refractivity contribution in [2.75, 3.05) is 0 Å². The summed E-state index contributed by atoms with van der Waals surface area (Å²) in [6.45, 7) is 1.67. The maximum absolute atomic E-state index is 13.3. The minimum atomic E-state index is -0.346. The van der Waals surface area contributed by atoms with Gasteiger partial charge in [0.1, 0.15) is 23.1 Å². The average Bonchev–Trinajstić information content (AvgIpc) is 2.34. The molecule has 0 unspecified atom stereocenters. The van der Waals surface area contributed by atoms with Gasteiger partial charge in [0.25, 0.3) is 0 Å². The zero-order chi connectivity index (χ0) is 13.1. The Bertz CT molecular complexity index is 583. The summed E-state index contributed by atoms with van der Waals surface area (Å²) in [5.41, 5.74) is 6.05. The zero-order valence-electron chi connectivity index (χ0n) is 9.64. The molecule has 1 aromatic carbocycles. The molecule has 2 aromatic rings. The molecule has 0 saturated heterocycles. The van der Waals surface area contributed by atoms with E-state index < -0.39 is 0 Å². The molecule has 0 spiro atoms. The molecule has 0 bridgehead atoms. The monoisotopic (exact) mass is 246 g/mol. The minimum absolute atomic E-state index is 0.171. The maximum atomic E-state index is 13.3. The first-order valence-corrected chi connectivity index (χ1v) is 5.16. The van der Waals surface area contributed by atoms with E-state index in [2.05, 4.69) is 9.97 Å². The molecule has 5 nitrogen and oxygen atoms in total. The number of hydrogen-bond donors (Lipinski definition) is 2. The molecular formula is C12H11FN4O.